The molecule has 0 spiro atoms. The number of aromatic nitrogens is 3. The van der Waals surface area contributed by atoms with E-state index in [9.17, 15) is 0 Å². The molecule has 3 aromatic heterocycles. The number of alkyl halides is 2. The van der Waals surface area contributed by atoms with Crippen molar-refractivity contribution in [2.24, 2.45) is 0 Å². The lowest BCUT2D eigenvalue weighted by Gasteiger charge is -2.23. The van der Waals surface area contributed by atoms with Crippen LogP contribution in [-0.2, 0) is 16.8 Å². The Hall–Kier alpha value is -6.56. The molecule has 5 aromatic carbocycles. The molecule has 1 aliphatic rings. The quantitative estimate of drug-likeness (QED) is 0.158. The van der Waals surface area contributed by atoms with E-state index >= 15 is 8.78 Å². The summed E-state index contributed by atoms with van der Waals surface area (Å²) in [5.74, 6) is -2.90. The van der Waals surface area contributed by atoms with Gasteiger partial charge in [-0.1, -0.05) is 108 Å². The van der Waals surface area contributed by atoms with Gasteiger partial charge in [-0.15, -0.1) is 0 Å². The number of pyridine rings is 2. The molecule has 0 saturated heterocycles. The molecule has 0 unspecified atom stereocenters. The summed E-state index contributed by atoms with van der Waals surface area (Å²) in [6.45, 7) is 9.37. The summed E-state index contributed by atoms with van der Waals surface area (Å²) in [5.41, 5.74) is 3.46. The summed E-state index contributed by atoms with van der Waals surface area (Å²) < 4.78 is 99.2. The molecule has 0 atom stereocenters. The highest BCUT2D eigenvalue weighted by Gasteiger charge is 2.41. The molecular weight excluding hydrogens is 721 g/mol. The Balaban J connectivity index is 1.24. The number of hydrogen-bond acceptors (Lipinski definition) is 2. The topological polar surface area (TPSA) is 36.7 Å². The van der Waals surface area contributed by atoms with Gasteiger partial charge in [-0.25, -0.2) is 4.98 Å². The van der Waals surface area contributed by atoms with Gasteiger partial charge in [-0.05, 0) is 79.9 Å². The molecule has 0 aliphatic carbocycles. The van der Waals surface area contributed by atoms with Crippen LogP contribution in [0.3, 0.4) is 0 Å². The molecule has 7 heteroatoms. The minimum atomic E-state index is -3.49. The van der Waals surface area contributed by atoms with Crippen LogP contribution in [0, 0.1) is 6.85 Å². The van der Waals surface area contributed by atoms with Crippen molar-refractivity contribution in [1.82, 2.24) is 23.7 Å². The van der Waals surface area contributed by atoms with Crippen molar-refractivity contribution < 1.29 is 18.4 Å². The maximum absolute atomic E-state index is 17.6. The Morgan fingerprint density at radius 1 is 0.638 bits per heavy atom. The molecule has 0 fully saturated rings. The van der Waals surface area contributed by atoms with Crippen LogP contribution in [0.15, 0.2) is 146 Å². The minimum absolute atomic E-state index is 0.0806. The van der Waals surface area contributed by atoms with Crippen molar-refractivity contribution in [2.75, 3.05) is 0 Å². The molecule has 286 valence electrons. The third kappa shape index (κ3) is 6.32. The minimum Gasteiger partial charge on any atom is -0.292 e. The lowest BCUT2D eigenvalue weighted by atomic mass is 9.84. The van der Waals surface area contributed by atoms with Crippen molar-refractivity contribution in [3.05, 3.63) is 174 Å². The van der Waals surface area contributed by atoms with Crippen LogP contribution in [0.1, 0.15) is 79.0 Å². The van der Waals surface area contributed by atoms with Gasteiger partial charge in [0.15, 0.2) is 0 Å². The summed E-state index contributed by atoms with van der Waals surface area (Å²) in [7, 11) is 0. The van der Waals surface area contributed by atoms with Crippen LogP contribution < -0.4 is 9.15 Å². The van der Waals surface area contributed by atoms with Gasteiger partial charge in [0.1, 0.15) is 5.82 Å². The zero-order chi connectivity index (χ0) is 46.5. The van der Waals surface area contributed by atoms with Crippen molar-refractivity contribution in [3.8, 4) is 16.9 Å². The first-order chi connectivity index (χ1) is 30.6. The van der Waals surface area contributed by atoms with Gasteiger partial charge in [-0.2, -0.15) is 8.78 Å². The Bertz CT molecular complexity index is 3320. The first-order valence-electron chi connectivity index (χ1n) is 22.6. The zero-order valence-electron chi connectivity index (χ0n) is 40.0. The van der Waals surface area contributed by atoms with Gasteiger partial charge in [0.05, 0.1) is 28.3 Å². The fourth-order valence-corrected chi connectivity index (χ4v) is 7.59. The standard InChI is InChI=1S/C51H45F2N5/c1-33-16-18-34(19-17-33)40-12-8-9-13-43(40)57-32-56(44-14-10-11-15-45(44)57)39-27-37(50(5,6)7)26-38(28-39)51(52,53)36-20-21-41-42-23-24-54-31-47(42)58(46(41)29-36)48-30-35(22-25-55-48)49(2,3)4/h8-31H,1-7H3/q+2/i1D3,16D,17D,18D,19D. The summed E-state index contributed by atoms with van der Waals surface area (Å²) in [6, 6.07) is 30.8. The third-order valence-electron chi connectivity index (χ3n) is 10.8. The SMILES string of the molecule is [2H]c1c([2H])c(C([2H])([2H])[2H])c([2H])c([2H])c1-c1ccccc1[N+]1=C=[N+](c2cc(C(C)(C)C)cc(C(F)(F)c3ccc4c5ccncc5n(-c5cc(C(C)(C)C)ccn5)c4c3)c2)c2ccccc21. The van der Waals surface area contributed by atoms with Gasteiger partial charge in [0, 0.05) is 68.7 Å². The van der Waals surface area contributed by atoms with Gasteiger partial charge in [0.25, 0.3) is 17.3 Å². The van der Waals surface area contributed by atoms with Gasteiger partial charge < -0.3 is 0 Å². The van der Waals surface area contributed by atoms with Crippen LogP contribution in [0.5, 0.6) is 0 Å². The number of benzene rings is 5. The Morgan fingerprint density at radius 2 is 1.31 bits per heavy atom. The van der Waals surface area contributed by atoms with Crippen molar-refractivity contribution in [2.45, 2.75) is 65.1 Å². The van der Waals surface area contributed by atoms with E-state index in [0.717, 1.165) is 21.9 Å². The second-order valence-electron chi connectivity index (χ2n) is 16.7. The van der Waals surface area contributed by atoms with E-state index in [1.54, 1.807) is 70.2 Å². The predicted octanol–water partition coefficient (Wildman–Crippen LogP) is 13.1. The number of nitrogens with zero attached hydrogens (tertiary/aromatic N) is 5. The number of halogens is 2. The molecule has 0 N–H and O–H groups in total. The summed E-state index contributed by atoms with van der Waals surface area (Å²) >= 11 is 0. The molecule has 0 bridgehead atoms. The highest BCUT2D eigenvalue weighted by atomic mass is 19.3. The first kappa shape index (κ1) is 29.6. The van der Waals surface area contributed by atoms with E-state index in [1.165, 1.54) is 12.1 Å². The van der Waals surface area contributed by atoms with E-state index in [1.807, 2.05) is 73.9 Å². The van der Waals surface area contributed by atoms with Crippen LogP contribution in [0.25, 0.3) is 38.8 Å². The van der Waals surface area contributed by atoms with Gasteiger partial charge in [-0.3, -0.25) is 9.55 Å². The summed E-state index contributed by atoms with van der Waals surface area (Å²) in [5, 5.41) is 1.65. The van der Waals surface area contributed by atoms with E-state index in [-0.39, 0.29) is 22.1 Å². The predicted molar refractivity (Wildman–Crippen MR) is 234 cm³/mol. The van der Waals surface area contributed by atoms with E-state index in [4.69, 9.17) is 14.6 Å². The van der Waals surface area contributed by atoms with E-state index < -0.39 is 47.9 Å². The molecule has 0 saturated carbocycles. The fourth-order valence-electron chi connectivity index (χ4n) is 7.59. The lowest BCUT2D eigenvalue weighted by Crippen LogP contribution is -2.19. The Morgan fingerprint density at radius 3 is 2.03 bits per heavy atom. The molecule has 9 rings (SSSR count). The number of para-hydroxylation sites is 3. The summed E-state index contributed by atoms with van der Waals surface area (Å²) in [6.07, 6.45) is 5.16. The monoisotopic (exact) mass is 772 g/mol. The molecule has 8 aromatic rings. The molecule has 58 heavy (non-hydrogen) atoms. The first-order valence-corrected chi connectivity index (χ1v) is 19.1. The smallest absolute Gasteiger partial charge is 0.292 e. The third-order valence-corrected chi connectivity index (χ3v) is 10.8. The highest BCUT2D eigenvalue weighted by molar-refractivity contribution is 6.09. The molecule has 0 radical (unpaired) electrons. The maximum atomic E-state index is 17.6. The fraction of sp³-hybridized carbons (Fsp3) is 0.196. The second-order valence-corrected chi connectivity index (χ2v) is 16.7. The molecule has 0 amide bonds. The second kappa shape index (κ2) is 13.5. The molecule has 1 aliphatic heterocycles. The number of fused-ring (bicyclic) bond motifs is 4. The Labute approximate surface area is 347 Å². The Kier molecular flexibility index (Phi) is 6.92. The molecule has 4 heterocycles. The average molecular weight is 773 g/mol. The van der Waals surface area contributed by atoms with Crippen molar-refractivity contribution >= 4 is 50.6 Å². The average Bonchev–Trinajstić information content (AvgIpc) is 3.81. The van der Waals surface area contributed by atoms with Crippen LogP contribution in [0.4, 0.5) is 31.5 Å². The van der Waals surface area contributed by atoms with Crippen LogP contribution >= 0.6 is 0 Å². The highest BCUT2D eigenvalue weighted by Crippen LogP contribution is 2.45. The number of rotatable bonds is 6. The van der Waals surface area contributed by atoms with Crippen LogP contribution in [0.2, 0.25) is 0 Å². The van der Waals surface area contributed by atoms with E-state index in [2.05, 4.69) is 31.8 Å². The number of hydrogen-bond donors (Lipinski definition) is 0. The van der Waals surface area contributed by atoms with Gasteiger partial charge >= 0.3 is 6.01 Å². The summed E-state index contributed by atoms with van der Waals surface area (Å²) in [4.78, 5) is 9.10. The normalized spacial score (nSPS) is 15.1. The lowest BCUT2D eigenvalue weighted by molar-refractivity contribution is 0.0428. The van der Waals surface area contributed by atoms with Crippen LogP contribution in [-0.4, -0.2) is 20.5 Å². The van der Waals surface area contributed by atoms with Gasteiger partial charge in [0.2, 0.25) is 11.4 Å². The maximum Gasteiger partial charge on any atom is 0.503 e. The van der Waals surface area contributed by atoms with Crippen molar-refractivity contribution in [3.63, 3.8) is 0 Å². The largest absolute Gasteiger partial charge is 0.503 e. The zero-order valence-corrected chi connectivity index (χ0v) is 33.0. The van der Waals surface area contributed by atoms with E-state index in [0.29, 0.717) is 45.2 Å². The molecular formula is C51H45F2N5+2. The van der Waals surface area contributed by atoms with Crippen molar-refractivity contribution in [1.29, 1.82) is 0 Å². The molecule has 5 nitrogen and oxygen atoms in total.